The van der Waals surface area contributed by atoms with Crippen LogP contribution in [0.15, 0.2) is 30.3 Å². The quantitative estimate of drug-likeness (QED) is 0.854. The summed E-state index contributed by atoms with van der Waals surface area (Å²) in [6, 6.07) is 9.67. The summed E-state index contributed by atoms with van der Waals surface area (Å²) in [5.74, 6) is -0.0219. The summed E-state index contributed by atoms with van der Waals surface area (Å²) >= 11 is 0. The first-order valence-electron chi connectivity index (χ1n) is 6.07. The molecule has 0 fully saturated rings. The van der Waals surface area contributed by atoms with Gasteiger partial charge in [0.25, 0.3) is 5.91 Å². The van der Waals surface area contributed by atoms with E-state index >= 15 is 0 Å². The summed E-state index contributed by atoms with van der Waals surface area (Å²) in [5, 5.41) is 2.95. The fourth-order valence-electron chi connectivity index (χ4n) is 2.06. The smallest absolute Gasteiger partial charge is 0.251 e. The highest BCUT2D eigenvalue weighted by Gasteiger charge is 2.09. The third-order valence-corrected chi connectivity index (χ3v) is 3.09. The predicted octanol–water partition coefficient (Wildman–Crippen LogP) is 2.87. The van der Waals surface area contributed by atoms with E-state index in [2.05, 4.69) is 16.4 Å². The third-order valence-electron chi connectivity index (χ3n) is 3.09. The number of aromatic amines is 1. The maximum absolute atomic E-state index is 12.0. The van der Waals surface area contributed by atoms with E-state index in [4.69, 9.17) is 0 Å². The van der Waals surface area contributed by atoms with Gasteiger partial charge in [0.1, 0.15) is 0 Å². The number of hydrogen-bond donors (Lipinski definition) is 2. The second-order valence-corrected chi connectivity index (χ2v) is 4.60. The maximum Gasteiger partial charge on any atom is 0.251 e. The van der Waals surface area contributed by atoms with E-state index in [0.29, 0.717) is 6.54 Å². The molecule has 0 saturated carbocycles. The van der Waals surface area contributed by atoms with Gasteiger partial charge in [-0.3, -0.25) is 4.79 Å². The molecule has 2 rings (SSSR count). The molecule has 0 aliphatic carbocycles. The van der Waals surface area contributed by atoms with Gasteiger partial charge in [0.2, 0.25) is 0 Å². The summed E-state index contributed by atoms with van der Waals surface area (Å²) < 4.78 is 0. The Bertz CT molecular complexity index is 570. The van der Waals surface area contributed by atoms with Gasteiger partial charge in [-0.05, 0) is 44.0 Å². The predicted molar refractivity (Wildman–Crippen MR) is 72.6 cm³/mol. The number of hydrogen-bond acceptors (Lipinski definition) is 1. The van der Waals surface area contributed by atoms with Crippen LogP contribution < -0.4 is 5.32 Å². The van der Waals surface area contributed by atoms with Gasteiger partial charge >= 0.3 is 0 Å². The number of carbonyl (C=O) groups excluding carboxylic acids is 1. The lowest BCUT2D eigenvalue weighted by Gasteiger charge is -2.07. The molecule has 0 bridgehead atoms. The largest absolute Gasteiger partial charge is 0.362 e. The molecule has 3 nitrogen and oxygen atoms in total. The molecule has 94 valence electrons. The van der Waals surface area contributed by atoms with Gasteiger partial charge in [0, 0.05) is 23.5 Å². The van der Waals surface area contributed by atoms with Crippen molar-refractivity contribution >= 4 is 5.91 Å². The zero-order valence-corrected chi connectivity index (χ0v) is 11.0. The molecule has 3 heteroatoms. The number of aryl methyl sites for hydroxylation is 3. The van der Waals surface area contributed by atoms with E-state index in [0.717, 1.165) is 28.1 Å². The van der Waals surface area contributed by atoms with Crippen LogP contribution >= 0.6 is 0 Å². The molecular weight excluding hydrogens is 224 g/mol. The molecule has 1 aromatic carbocycles. The molecule has 1 aromatic heterocycles. The van der Waals surface area contributed by atoms with Gasteiger partial charge < -0.3 is 10.3 Å². The van der Waals surface area contributed by atoms with Crippen molar-refractivity contribution in [3.8, 4) is 0 Å². The first kappa shape index (κ1) is 12.4. The van der Waals surface area contributed by atoms with E-state index < -0.39 is 0 Å². The Morgan fingerprint density at radius 1 is 1.22 bits per heavy atom. The molecule has 0 aliphatic heterocycles. The zero-order chi connectivity index (χ0) is 13.1. The van der Waals surface area contributed by atoms with Crippen LogP contribution in [0.5, 0.6) is 0 Å². The van der Waals surface area contributed by atoms with Crippen LogP contribution in [0.2, 0.25) is 0 Å². The fourth-order valence-corrected chi connectivity index (χ4v) is 2.06. The molecule has 18 heavy (non-hydrogen) atoms. The lowest BCUT2D eigenvalue weighted by molar-refractivity contribution is 0.0950. The van der Waals surface area contributed by atoms with Crippen molar-refractivity contribution in [1.82, 2.24) is 10.3 Å². The van der Waals surface area contributed by atoms with Crippen molar-refractivity contribution in [1.29, 1.82) is 0 Å². The van der Waals surface area contributed by atoms with E-state index in [1.807, 2.05) is 45.0 Å². The van der Waals surface area contributed by atoms with Crippen LogP contribution in [-0.4, -0.2) is 10.9 Å². The van der Waals surface area contributed by atoms with Crippen LogP contribution in [-0.2, 0) is 6.54 Å². The summed E-state index contributed by atoms with van der Waals surface area (Å²) in [4.78, 5) is 15.3. The summed E-state index contributed by atoms with van der Waals surface area (Å²) in [5.41, 5.74) is 5.10. The van der Waals surface area contributed by atoms with E-state index in [9.17, 15) is 4.79 Å². The van der Waals surface area contributed by atoms with Crippen LogP contribution in [0.3, 0.4) is 0 Å². The number of benzene rings is 1. The summed E-state index contributed by atoms with van der Waals surface area (Å²) in [6.45, 7) is 6.53. The Morgan fingerprint density at radius 3 is 2.56 bits per heavy atom. The average molecular weight is 242 g/mol. The van der Waals surface area contributed by atoms with Gasteiger partial charge in [-0.15, -0.1) is 0 Å². The fraction of sp³-hybridized carbons (Fsp3) is 0.267. The second kappa shape index (κ2) is 5.08. The number of carbonyl (C=O) groups is 1. The molecular formula is C15H18N2O. The molecule has 0 spiro atoms. The zero-order valence-electron chi connectivity index (χ0n) is 11.0. The minimum Gasteiger partial charge on any atom is -0.362 e. The van der Waals surface area contributed by atoms with Crippen molar-refractivity contribution in [3.05, 3.63) is 58.4 Å². The van der Waals surface area contributed by atoms with Crippen molar-refractivity contribution in [2.24, 2.45) is 0 Å². The Kier molecular flexibility index (Phi) is 3.51. The Labute approximate surface area is 107 Å². The standard InChI is InChI=1S/C15H18N2O/c1-10-6-4-5-7-14(10)15(18)16-9-13-8-11(2)17-12(13)3/h4-8,17H,9H2,1-3H3,(H,16,18). The second-order valence-electron chi connectivity index (χ2n) is 4.60. The lowest BCUT2D eigenvalue weighted by atomic mass is 10.1. The van der Waals surface area contributed by atoms with E-state index in [-0.39, 0.29) is 5.91 Å². The number of nitrogens with one attached hydrogen (secondary N) is 2. The highest BCUT2D eigenvalue weighted by molar-refractivity contribution is 5.95. The van der Waals surface area contributed by atoms with E-state index in [1.165, 1.54) is 0 Å². The molecule has 0 radical (unpaired) electrons. The van der Waals surface area contributed by atoms with E-state index in [1.54, 1.807) is 0 Å². The molecule has 1 heterocycles. The molecule has 0 atom stereocenters. The molecule has 0 unspecified atom stereocenters. The summed E-state index contributed by atoms with van der Waals surface area (Å²) in [6.07, 6.45) is 0. The SMILES string of the molecule is Cc1cc(CNC(=O)c2ccccc2C)c(C)[nH]1. The van der Waals surface area contributed by atoms with Crippen molar-refractivity contribution in [2.75, 3.05) is 0 Å². The van der Waals surface area contributed by atoms with Crippen LogP contribution in [0.1, 0.15) is 32.9 Å². The monoisotopic (exact) mass is 242 g/mol. The Morgan fingerprint density at radius 2 is 1.94 bits per heavy atom. The van der Waals surface area contributed by atoms with Crippen LogP contribution in [0.4, 0.5) is 0 Å². The van der Waals surface area contributed by atoms with Crippen molar-refractivity contribution in [3.63, 3.8) is 0 Å². The molecule has 2 N–H and O–H groups in total. The van der Waals surface area contributed by atoms with Crippen molar-refractivity contribution < 1.29 is 4.79 Å². The maximum atomic E-state index is 12.0. The van der Waals surface area contributed by atoms with Gasteiger partial charge in [-0.1, -0.05) is 18.2 Å². The highest BCUT2D eigenvalue weighted by atomic mass is 16.1. The number of amides is 1. The summed E-state index contributed by atoms with van der Waals surface area (Å²) in [7, 11) is 0. The van der Waals surface area contributed by atoms with Gasteiger partial charge in [0.15, 0.2) is 0 Å². The Balaban J connectivity index is 2.05. The van der Waals surface area contributed by atoms with Gasteiger partial charge in [0.05, 0.1) is 0 Å². The highest BCUT2D eigenvalue weighted by Crippen LogP contribution is 2.10. The van der Waals surface area contributed by atoms with Crippen molar-refractivity contribution in [2.45, 2.75) is 27.3 Å². The molecule has 2 aromatic rings. The molecule has 1 amide bonds. The minimum absolute atomic E-state index is 0.0219. The normalized spacial score (nSPS) is 10.4. The first-order chi connectivity index (χ1) is 8.58. The third kappa shape index (κ3) is 2.62. The average Bonchev–Trinajstić information content (AvgIpc) is 2.65. The minimum atomic E-state index is -0.0219. The number of rotatable bonds is 3. The molecule has 0 aliphatic rings. The number of H-pyrrole nitrogens is 1. The van der Waals surface area contributed by atoms with Gasteiger partial charge in [-0.25, -0.2) is 0 Å². The number of aromatic nitrogens is 1. The first-order valence-corrected chi connectivity index (χ1v) is 6.07. The van der Waals surface area contributed by atoms with Crippen LogP contribution in [0, 0.1) is 20.8 Å². The lowest BCUT2D eigenvalue weighted by Crippen LogP contribution is -2.23. The van der Waals surface area contributed by atoms with Crippen LogP contribution in [0.25, 0.3) is 0 Å². The Hall–Kier alpha value is -2.03. The molecule has 0 saturated heterocycles. The topological polar surface area (TPSA) is 44.9 Å². The van der Waals surface area contributed by atoms with Gasteiger partial charge in [-0.2, -0.15) is 0 Å².